The van der Waals surface area contributed by atoms with Crippen LogP contribution in [0.5, 0.6) is 5.75 Å². The van der Waals surface area contributed by atoms with Gasteiger partial charge in [-0.25, -0.2) is 13.1 Å². The van der Waals surface area contributed by atoms with Gasteiger partial charge in [-0.15, -0.1) is 0 Å². The predicted molar refractivity (Wildman–Crippen MR) is 79.9 cm³/mol. The van der Waals surface area contributed by atoms with E-state index in [4.69, 9.17) is 9.47 Å². The van der Waals surface area contributed by atoms with E-state index in [0.29, 0.717) is 32.1 Å². The highest BCUT2D eigenvalue weighted by Gasteiger charge is 2.23. The molecule has 2 rings (SSSR count). The summed E-state index contributed by atoms with van der Waals surface area (Å²) >= 11 is 0. The van der Waals surface area contributed by atoms with Crippen LogP contribution in [0.3, 0.4) is 0 Å². The molecule has 0 bridgehead atoms. The number of benzene rings is 1. The lowest BCUT2D eigenvalue weighted by molar-refractivity contribution is 0.186. The first-order valence-corrected chi connectivity index (χ1v) is 8.44. The first kappa shape index (κ1) is 16.2. The van der Waals surface area contributed by atoms with E-state index in [2.05, 4.69) is 10.0 Å². The second-order valence-electron chi connectivity index (χ2n) is 5.10. The molecular weight excluding hydrogens is 292 g/mol. The lowest BCUT2D eigenvalue weighted by atomic mass is 10.1. The average Bonchev–Trinajstić information content (AvgIpc) is 2.99. The Labute approximate surface area is 125 Å². The average molecular weight is 314 g/mol. The molecule has 0 radical (unpaired) electrons. The first-order valence-electron chi connectivity index (χ1n) is 6.95. The maximum Gasteiger partial charge on any atom is 0.244 e. The van der Waals surface area contributed by atoms with Crippen LogP contribution in [0.1, 0.15) is 12.0 Å². The summed E-state index contributed by atoms with van der Waals surface area (Å²) in [6, 6.07) is 5.17. The van der Waals surface area contributed by atoms with Crippen molar-refractivity contribution in [1.82, 2.24) is 10.0 Å². The van der Waals surface area contributed by atoms with Crippen molar-refractivity contribution in [2.45, 2.75) is 17.9 Å². The van der Waals surface area contributed by atoms with Crippen LogP contribution in [0.2, 0.25) is 0 Å². The van der Waals surface area contributed by atoms with Gasteiger partial charge in [-0.2, -0.15) is 0 Å². The Morgan fingerprint density at radius 3 is 2.86 bits per heavy atom. The van der Waals surface area contributed by atoms with E-state index in [9.17, 15) is 8.42 Å². The van der Waals surface area contributed by atoms with Crippen LogP contribution in [0.15, 0.2) is 23.1 Å². The summed E-state index contributed by atoms with van der Waals surface area (Å²) in [6.45, 7) is 2.30. The normalized spacial score (nSPS) is 18.9. The Morgan fingerprint density at radius 2 is 2.24 bits per heavy atom. The highest BCUT2D eigenvalue weighted by molar-refractivity contribution is 7.89. The molecule has 0 aliphatic carbocycles. The van der Waals surface area contributed by atoms with Crippen molar-refractivity contribution in [3.63, 3.8) is 0 Å². The van der Waals surface area contributed by atoms with Crippen molar-refractivity contribution in [3.05, 3.63) is 23.8 Å². The van der Waals surface area contributed by atoms with Crippen molar-refractivity contribution in [3.8, 4) is 5.75 Å². The first-order chi connectivity index (χ1) is 10.1. The highest BCUT2D eigenvalue weighted by atomic mass is 32.2. The zero-order valence-electron chi connectivity index (χ0n) is 12.4. The van der Waals surface area contributed by atoms with Crippen molar-refractivity contribution in [1.29, 1.82) is 0 Å². The van der Waals surface area contributed by atoms with Crippen LogP contribution in [0, 0.1) is 5.92 Å². The number of ether oxygens (including phenoxy) is 2. The minimum atomic E-state index is -3.59. The van der Waals surface area contributed by atoms with Crippen LogP contribution in [0.4, 0.5) is 0 Å². The van der Waals surface area contributed by atoms with Crippen molar-refractivity contribution >= 4 is 10.0 Å². The number of methoxy groups -OCH3 is 1. The van der Waals surface area contributed by atoms with Gasteiger partial charge in [0.05, 0.1) is 13.7 Å². The molecule has 0 amide bonds. The van der Waals surface area contributed by atoms with Gasteiger partial charge in [0.2, 0.25) is 10.0 Å². The fourth-order valence-corrected chi connectivity index (χ4v) is 3.63. The van der Waals surface area contributed by atoms with E-state index in [1.807, 2.05) is 13.1 Å². The summed E-state index contributed by atoms with van der Waals surface area (Å²) in [4.78, 5) is 0.177. The molecule has 2 N–H and O–H groups in total. The van der Waals surface area contributed by atoms with E-state index >= 15 is 0 Å². The molecule has 1 atom stereocenters. The van der Waals surface area contributed by atoms with Crippen LogP contribution >= 0.6 is 0 Å². The number of sulfonamides is 1. The fraction of sp³-hybridized carbons (Fsp3) is 0.571. The second kappa shape index (κ2) is 7.22. The number of rotatable bonds is 7. The van der Waals surface area contributed by atoms with Gasteiger partial charge in [0.1, 0.15) is 10.6 Å². The molecule has 1 saturated heterocycles. The Bertz CT molecular complexity index is 568. The molecule has 1 aliphatic rings. The molecule has 1 aliphatic heterocycles. The van der Waals surface area contributed by atoms with Gasteiger partial charge < -0.3 is 14.8 Å². The third-order valence-electron chi connectivity index (χ3n) is 3.48. The van der Waals surface area contributed by atoms with Crippen molar-refractivity contribution in [2.24, 2.45) is 5.92 Å². The number of hydrogen-bond acceptors (Lipinski definition) is 5. The zero-order valence-corrected chi connectivity index (χ0v) is 13.2. The molecule has 6 nitrogen and oxygen atoms in total. The van der Waals surface area contributed by atoms with Crippen LogP contribution in [0.25, 0.3) is 0 Å². The van der Waals surface area contributed by atoms with Gasteiger partial charge in [0.15, 0.2) is 0 Å². The lowest BCUT2D eigenvalue weighted by Crippen LogP contribution is -2.30. The Hall–Kier alpha value is -1.15. The van der Waals surface area contributed by atoms with Crippen LogP contribution in [-0.2, 0) is 21.3 Å². The molecule has 7 heteroatoms. The van der Waals surface area contributed by atoms with E-state index < -0.39 is 10.0 Å². The topological polar surface area (TPSA) is 76.7 Å². The number of nitrogens with one attached hydrogen (secondary N) is 2. The molecule has 0 saturated carbocycles. The molecule has 1 aromatic carbocycles. The third kappa shape index (κ3) is 4.16. The molecule has 1 unspecified atom stereocenters. The summed E-state index contributed by atoms with van der Waals surface area (Å²) in [7, 11) is -0.304. The number of hydrogen-bond donors (Lipinski definition) is 2. The van der Waals surface area contributed by atoms with Crippen molar-refractivity contribution in [2.75, 3.05) is 33.9 Å². The molecule has 1 fully saturated rings. The highest BCUT2D eigenvalue weighted by Crippen LogP contribution is 2.25. The Morgan fingerprint density at radius 1 is 1.43 bits per heavy atom. The minimum Gasteiger partial charge on any atom is -0.495 e. The van der Waals surface area contributed by atoms with Gasteiger partial charge >= 0.3 is 0 Å². The third-order valence-corrected chi connectivity index (χ3v) is 4.93. The lowest BCUT2D eigenvalue weighted by Gasteiger charge is -2.14. The second-order valence-corrected chi connectivity index (χ2v) is 6.83. The van der Waals surface area contributed by atoms with Gasteiger partial charge in [-0.05, 0) is 37.1 Å². The summed E-state index contributed by atoms with van der Waals surface area (Å²) in [6.07, 6.45) is 0.888. The summed E-state index contributed by atoms with van der Waals surface area (Å²) < 4.78 is 38.0. The summed E-state index contributed by atoms with van der Waals surface area (Å²) in [5.41, 5.74) is 0.892. The molecule has 0 spiro atoms. The SMILES string of the molecule is CNCc1ccc(OC)c(S(=O)(=O)NCC2CCOC2)c1. The maximum atomic E-state index is 12.5. The monoisotopic (exact) mass is 314 g/mol. The summed E-state index contributed by atoms with van der Waals surface area (Å²) in [5.74, 6) is 0.594. The molecule has 21 heavy (non-hydrogen) atoms. The maximum absolute atomic E-state index is 12.5. The van der Waals surface area contributed by atoms with Gasteiger partial charge in [0.25, 0.3) is 0 Å². The molecule has 1 aromatic rings. The van der Waals surface area contributed by atoms with Crippen LogP contribution in [-0.4, -0.2) is 42.3 Å². The molecular formula is C14H22N2O4S. The van der Waals surface area contributed by atoms with Crippen molar-refractivity contribution < 1.29 is 17.9 Å². The quantitative estimate of drug-likeness (QED) is 0.776. The van der Waals surface area contributed by atoms with E-state index in [1.165, 1.54) is 7.11 Å². The zero-order chi connectivity index (χ0) is 15.3. The summed E-state index contributed by atoms with van der Waals surface area (Å²) in [5, 5.41) is 3.00. The largest absolute Gasteiger partial charge is 0.495 e. The smallest absolute Gasteiger partial charge is 0.244 e. The van der Waals surface area contributed by atoms with Gasteiger partial charge in [-0.3, -0.25) is 0 Å². The van der Waals surface area contributed by atoms with Gasteiger partial charge in [0, 0.05) is 19.7 Å². The Kier molecular flexibility index (Phi) is 5.58. The molecule has 1 heterocycles. The molecule has 0 aromatic heterocycles. The Balaban J connectivity index is 2.18. The van der Waals surface area contributed by atoms with E-state index in [-0.39, 0.29) is 10.8 Å². The van der Waals surface area contributed by atoms with Crippen LogP contribution < -0.4 is 14.8 Å². The van der Waals surface area contributed by atoms with E-state index in [0.717, 1.165) is 12.0 Å². The predicted octanol–water partition coefficient (Wildman–Crippen LogP) is 0.729. The minimum absolute atomic E-state index is 0.177. The van der Waals surface area contributed by atoms with E-state index in [1.54, 1.807) is 12.1 Å². The standard InChI is InChI=1S/C14H22N2O4S/c1-15-8-11-3-4-13(19-2)14(7-11)21(17,18)16-9-12-5-6-20-10-12/h3-4,7,12,15-16H,5-6,8-10H2,1-2H3. The van der Waals surface area contributed by atoms with Gasteiger partial charge in [-0.1, -0.05) is 6.07 Å². The fourth-order valence-electron chi connectivity index (χ4n) is 2.29. The molecule has 118 valence electrons.